The van der Waals surface area contributed by atoms with E-state index in [2.05, 4.69) is 63.5 Å². The van der Waals surface area contributed by atoms with Gasteiger partial charge in [-0.1, -0.05) is 43.9 Å². The Morgan fingerprint density at radius 2 is 1.89 bits per heavy atom. The molecule has 0 fully saturated rings. The summed E-state index contributed by atoms with van der Waals surface area (Å²) in [4.78, 5) is 2.32. The Morgan fingerprint density at radius 1 is 1.22 bits per heavy atom. The molecule has 148 valence electrons. The minimum absolute atomic E-state index is 0.0132. The summed E-state index contributed by atoms with van der Waals surface area (Å²) in [6.45, 7) is 15.6. The monoisotopic (exact) mass is 369 g/mol. The first-order chi connectivity index (χ1) is 12.8. The molecule has 1 aliphatic rings. The Bertz CT molecular complexity index is 717. The molecule has 0 aromatic heterocycles. The van der Waals surface area contributed by atoms with E-state index in [4.69, 9.17) is 0 Å². The minimum Gasteiger partial charge on any atom is -0.507 e. The van der Waals surface area contributed by atoms with Gasteiger partial charge in [-0.25, -0.2) is 0 Å². The lowest BCUT2D eigenvalue weighted by molar-refractivity contribution is 0.256. The molecule has 2 rings (SSSR count). The van der Waals surface area contributed by atoms with Crippen molar-refractivity contribution in [3.05, 3.63) is 65.4 Å². The van der Waals surface area contributed by atoms with Gasteiger partial charge < -0.3 is 15.1 Å². The van der Waals surface area contributed by atoms with Crippen molar-refractivity contribution in [1.82, 2.24) is 4.90 Å². The molecule has 1 aliphatic carbocycles. The zero-order valence-corrected chi connectivity index (χ0v) is 17.4. The van der Waals surface area contributed by atoms with Crippen molar-refractivity contribution in [3.8, 4) is 5.75 Å². The number of aliphatic hydroxyl groups is 1. The normalized spacial score (nSPS) is 20.1. The Kier molecular flexibility index (Phi) is 7.32. The van der Waals surface area contributed by atoms with Gasteiger partial charge in [-0.3, -0.25) is 0 Å². The molecule has 3 atom stereocenters. The number of aliphatic hydroxyl groups excluding tert-OH is 1. The lowest BCUT2D eigenvalue weighted by Crippen LogP contribution is -2.32. The Hall–Kier alpha value is -2.00. The number of phenols is 1. The molecule has 3 nitrogen and oxygen atoms in total. The van der Waals surface area contributed by atoms with E-state index in [0.29, 0.717) is 23.6 Å². The van der Waals surface area contributed by atoms with E-state index in [1.807, 2.05) is 19.1 Å². The predicted octanol–water partition coefficient (Wildman–Crippen LogP) is 5.29. The summed E-state index contributed by atoms with van der Waals surface area (Å²) in [5.74, 6) is 1.24. The number of allylic oxidation sites excluding steroid dienone is 5. The van der Waals surface area contributed by atoms with Crippen LogP contribution in [0, 0.1) is 18.8 Å². The highest BCUT2D eigenvalue weighted by Gasteiger charge is 2.29. The number of aryl methyl sites for hydroxylation is 1. The largest absolute Gasteiger partial charge is 0.507 e. The molecule has 0 saturated heterocycles. The standard InChI is InChI=1S/C24H35NO2/c1-16(2)25(17(3)4)12-11-22(21-10-8-7-9-18(21)5)23-14-20(15-26)13-19(6)24(23)27/h7-10,13-14,17-18,21-22,26-27H,1,11-12,15H2,2-6H3. The second-order valence-electron chi connectivity index (χ2n) is 8.13. The average Bonchev–Trinajstić information content (AvgIpc) is 2.61. The van der Waals surface area contributed by atoms with Crippen LogP contribution in [0.2, 0.25) is 0 Å². The van der Waals surface area contributed by atoms with E-state index >= 15 is 0 Å². The molecule has 3 heteroatoms. The first-order valence-electron chi connectivity index (χ1n) is 9.96. The van der Waals surface area contributed by atoms with Crippen molar-refractivity contribution in [3.63, 3.8) is 0 Å². The maximum Gasteiger partial charge on any atom is 0.121 e. The van der Waals surface area contributed by atoms with Crippen LogP contribution in [0.3, 0.4) is 0 Å². The first-order valence-corrected chi connectivity index (χ1v) is 9.96. The topological polar surface area (TPSA) is 43.7 Å². The number of nitrogens with zero attached hydrogens (tertiary/aromatic N) is 1. The fraction of sp³-hybridized carbons (Fsp3) is 0.500. The Labute approximate surface area is 164 Å². The van der Waals surface area contributed by atoms with Crippen LogP contribution in [0.5, 0.6) is 5.75 Å². The predicted molar refractivity (Wildman–Crippen MR) is 114 cm³/mol. The molecule has 0 heterocycles. The number of hydrogen-bond donors (Lipinski definition) is 2. The van der Waals surface area contributed by atoms with Gasteiger partial charge in [0.05, 0.1) is 6.61 Å². The maximum atomic E-state index is 10.8. The van der Waals surface area contributed by atoms with Crippen molar-refractivity contribution < 1.29 is 10.2 Å². The van der Waals surface area contributed by atoms with Crippen LogP contribution in [0.1, 0.15) is 56.7 Å². The van der Waals surface area contributed by atoms with Gasteiger partial charge in [-0.05, 0) is 74.6 Å². The third-order valence-corrected chi connectivity index (χ3v) is 5.70. The third kappa shape index (κ3) is 5.04. The van der Waals surface area contributed by atoms with E-state index in [-0.39, 0.29) is 12.5 Å². The van der Waals surface area contributed by atoms with E-state index < -0.39 is 0 Å². The minimum atomic E-state index is -0.0132. The van der Waals surface area contributed by atoms with Crippen LogP contribution >= 0.6 is 0 Å². The van der Waals surface area contributed by atoms with E-state index in [1.165, 1.54) is 0 Å². The van der Waals surface area contributed by atoms with Crippen LogP contribution in [-0.2, 0) is 6.61 Å². The van der Waals surface area contributed by atoms with Crippen molar-refractivity contribution in [2.75, 3.05) is 6.54 Å². The zero-order valence-electron chi connectivity index (χ0n) is 17.4. The summed E-state index contributed by atoms with van der Waals surface area (Å²) < 4.78 is 0. The van der Waals surface area contributed by atoms with Gasteiger partial charge in [0, 0.05) is 18.3 Å². The van der Waals surface area contributed by atoms with Gasteiger partial charge in [-0.15, -0.1) is 0 Å². The van der Waals surface area contributed by atoms with Gasteiger partial charge in [0.15, 0.2) is 0 Å². The summed E-state index contributed by atoms with van der Waals surface area (Å²) >= 11 is 0. The number of aromatic hydroxyl groups is 1. The van der Waals surface area contributed by atoms with Gasteiger partial charge in [-0.2, -0.15) is 0 Å². The van der Waals surface area contributed by atoms with Crippen molar-refractivity contribution in [2.24, 2.45) is 11.8 Å². The molecule has 27 heavy (non-hydrogen) atoms. The fourth-order valence-electron chi connectivity index (χ4n) is 4.22. The molecule has 1 aromatic rings. The summed E-state index contributed by atoms with van der Waals surface area (Å²) in [6, 6.07) is 4.23. The van der Waals surface area contributed by atoms with Crippen molar-refractivity contribution in [2.45, 2.75) is 59.6 Å². The third-order valence-electron chi connectivity index (χ3n) is 5.70. The molecule has 2 N–H and O–H groups in total. The summed E-state index contributed by atoms with van der Waals surface area (Å²) in [5, 5.41) is 20.5. The van der Waals surface area contributed by atoms with Gasteiger partial charge in [0.2, 0.25) is 0 Å². The smallest absolute Gasteiger partial charge is 0.121 e. The van der Waals surface area contributed by atoms with Gasteiger partial charge >= 0.3 is 0 Å². The molecule has 0 saturated carbocycles. The highest BCUT2D eigenvalue weighted by atomic mass is 16.3. The quantitative estimate of drug-likeness (QED) is 0.654. The highest BCUT2D eigenvalue weighted by molar-refractivity contribution is 5.46. The number of rotatable bonds is 8. The van der Waals surface area contributed by atoms with E-state index in [0.717, 1.165) is 35.4 Å². The lowest BCUT2D eigenvalue weighted by atomic mass is 9.74. The molecule has 1 aromatic carbocycles. The second kappa shape index (κ2) is 9.27. The maximum absolute atomic E-state index is 10.8. The van der Waals surface area contributed by atoms with E-state index in [9.17, 15) is 10.2 Å². The van der Waals surface area contributed by atoms with E-state index in [1.54, 1.807) is 0 Å². The zero-order chi connectivity index (χ0) is 20.1. The lowest BCUT2D eigenvalue weighted by Gasteiger charge is -2.35. The summed E-state index contributed by atoms with van der Waals surface area (Å²) in [6.07, 6.45) is 9.62. The second-order valence-corrected chi connectivity index (χ2v) is 8.13. The SMILES string of the molecule is C=C(C)N(CCC(c1cc(CO)cc(C)c1O)C1C=CC=CC1C)C(C)C. The molecule has 3 unspecified atom stereocenters. The first kappa shape index (κ1) is 21.3. The van der Waals surface area contributed by atoms with Crippen molar-refractivity contribution >= 4 is 0 Å². The number of hydrogen-bond acceptors (Lipinski definition) is 3. The fourth-order valence-corrected chi connectivity index (χ4v) is 4.22. The van der Waals surface area contributed by atoms with Gasteiger partial charge in [0.25, 0.3) is 0 Å². The van der Waals surface area contributed by atoms with Crippen molar-refractivity contribution in [1.29, 1.82) is 0 Å². The summed E-state index contributed by atoms with van der Waals surface area (Å²) in [7, 11) is 0. The average molecular weight is 370 g/mol. The summed E-state index contributed by atoms with van der Waals surface area (Å²) in [5.41, 5.74) is 3.70. The highest BCUT2D eigenvalue weighted by Crippen LogP contribution is 2.42. The molecular weight excluding hydrogens is 334 g/mol. The molecule has 0 bridgehead atoms. The molecule has 0 amide bonds. The number of benzene rings is 1. The molecule has 0 radical (unpaired) electrons. The van der Waals surface area contributed by atoms with Crippen LogP contribution in [0.25, 0.3) is 0 Å². The Balaban J connectivity index is 2.42. The van der Waals surface area contributed by atoms with Gasteiger partial charge in [0.1, 0.15) is 5.75 Å². The number of phenolic OH excluding ortho intramolecular Hbond substituents is 1. The molecule has 0 spiro atoms. The van der Waals surface area contributed by atoms with Crippen LogP contribution < -0.4 is 0 Å². The Morgan fingerprint density at radius 3 is 2.44 bits per heavy atom. The van der Waals surface area contributed by atoms with Crippen LogP contribution in [0.15, 0.2) is 48.7 Å². The molecular formula is C24H35NO2. The van der Waals surface area contributed by atoms with Crippen LogP contribution in [0.4, 0.5) is 0 Å². The van der Waals surface area contributed by atoms with Crippen LogP contribution in [-0.4, -0.2) is 27.7 Å². The molecule has 0 aliphatic heterocycles.